The lowest BCUT2D eigenvalue weighted by molar-refractivity contribution is 0.572. The number of hydrogen-bond acceptors (Lipinski definition) is 4. The van der Waals surface area contributed by atoms with Gasteiger partial charge in [-0.15, -0.1) is 0 Å². The van der Waals surface area contributed by atoms with Gasteiger partial charge >= 0.3 is 0 Å². The highest BCUT2D eigenvalue weighted by Crippen LogP contribution is 2.18. The van der Waals surface area contributed by atoms with Crippen LogP contribution in [-0.2, 0) is 6.54 Å². The van der Waals surface area contributed by atoms with Crippen LogP contribution in [0.25, 0.3) is 11.3 Å². The number of rotatable bonds is 3. The highest BCUT2D eigenvalue weighted by Gasteiger charge is 2.02. The van der Waals surface area contributed by atoms with Gasteiger partial charge in [-0.3, -0.25) is 9.36 Å². The van der Waals surface area contributed by atoms with Gasteiger partial charge < -0.3 is 4.42 Å². The standard InChI is InChI=1S/C14H11N3O2.C2H6/c18-14-5-6-15-9-17(14)8-11-1-3-12(4-2-11)13-7-16-10-19-13;1-2/h1-7,9-10H,8H2;1-2H3. The van der Waals surface area contributed by atoms with Gasteiger partial charge in [0, 0.05) is 17.8 Å². The molecule has 0 atom stereocenters. The molecular formula is C16H17N3O2. The predicted molar refractivity (Wildman–Crippen MR) is 80.9 cm³/mol. The van der Waals surface area contributed by atoms with E-state index >= 15 is 0 Å². The van der Waals surface area contributed by atoms with Crippen molar-refractivity contribution in [1.29, 1.82) is 0 Å². The summed E-state index contributed by atoms with van der Waals surface area (Å²) in [6.07, 6.45) is 6.09. The molecule has 1 aromatic carbocycles. The number of nitrogens with zero attached hydrogens (tertiary/aromatic N) is 3. The third kappa shape index (κ3) is 3.66. The van der Waals surface area contributed by atoms with E-state index in [0.29, 0.717) is 6.54 Å². The van der Waals surface area contributed by atoms with Crippen molar-refractivity contribution >= 4 is 0 Å². The maximum absolute atomic E-state index is 11.6. The smallest absolute Gasteiger partial charge is 0.253 e. The number of hydrogen-bond donors (Lipinski definition) is 0. The van der Waals surface area contributed by atoms with Gasteiger partial charge in [0.2, 0.25) is 0 Å². The van der Waals surface area contributed by atoms with Crippen molar-refractivity contribution in [3.05, 3.63) is 71.4 Å². The van der Waals surface area contributed by atoms with E-state index in [4.69, 9.17) is 4.42 Å². The fraction of sp³-hybridized carbons (Fsp3) is 0.188. The summed E-state index contributed by atoms with van der Waals surface area (Å²) in [7, 11) is 0. The molecule has 5 nitrogen and oxygen atoms in total. The van der Waals surface area contributed by atoms with Crippen LogP contribution >= 0.6 is 0 Å². The average molecular weight is 283 g/mol. The molecule has 0 saturated heterocycles. The molecule has 0 aliphatic carbocycles. The van der Waals surface area contributed by atoms with Crippen molar-refractivity contribution in [2.45, 2.75) is 20.4 Å². The summed E-state index contributed by atoms with van der Waals surface area (Å²) < 4.78 is 6.78. The van der Waals surface area contributed by atoms with Crippen LogP contribution in [0.1, 0.15) is 19.4 Å². The summed E-state index contributed by atoms with van der Waals surface area (Å²) in [5, 5.41) is 0. The molecule has 3 aromatic rings. The molecule has 0 amide bonds. The second kappa shape index (κ2) is 7.19. The minimum atomic E-state index is -0.0608. The van der Waals surface area contributed by atoms with Crippen molar-refractivity contribution in [2.75, 3.05) is 0 Å². The molecule has 0 aliphatic heterocycles. The Kier molecular flexibility index (Phi) is 5.04. The van der Waals surface area contributed by atoms with Crippen LogP contribution in [0.3, 0.4) is 0 Å². The van der Waals surface area contributed by atoms with E-state index in [0.717, 1.165) is 16.9 Å². The second-order valence-electron chi connectivity index (χ2n) is 4.11. The van der Waals surface area contributed by atoms with E-state index in [2.05, 4.69) is 9.97 Å². The van der Waals surface area contributed by atoms with Crippen LogP contribution in [0.4, 0.5) is 0 Å². The van der Waals surface area contributed by atoms with Crippen molar-refractivity contribution in [3.63, 3.8) is 0 Å². The molecule has 0 fully saturated rings. The maximum Gasteiger partial charge on any atom is 0.253 e. The molecule has 0 radical (unpaired) electrons. The van der Waals surface area contributed by atoms with Gasteiger partial charge in [-0.2, -0.15) is 0 Å². The second-order valence-corrected chi connectivity index (χ2v) is 4.11. The van der Waals surface area contributed by atoms with Crippen LogP contribution in [0, 0.1) is 0 Å². The zero-order valence-corrected chi connectivity index (χ0v) is 12.1. The number of oxazole rings is 1. The normalized spacial score (nSPS) is 9.81. The van der Waals surface area contributed by atoms with Crippen LogP contribution in [-0.4, -0.2) is 14.5 Å². The Balaban J connectivity index is 0.000000774. The van der Waals surface area contributed by atoms with E-state index in [1.54, 1.807) is 10.8 Å². The summed E-state index contributed by atoms with van der Waals surface area (Å²) in [6, 6.07) is 9.24. The molecule has 5 heteroatoms. The number of benzene rings is 1. The minimum absolute atomic E-state index is 0.0608. The Morgan fingerprint density at radius 3 is 2.48 bits per heavy atom. The lowest BCUT2D eigenvalue weighted by Gasteiger charge is -2.05. The van der Waals surface area contributed by atoms with Gasteiger partial charge in [0.1, 0.15) is 0 Å². The van der Waals surface area contributed by atoms with Crippen LogP contribution in [0.5, 0.6) is 0 Å². The Hall–Kier alpha value is -2.69. The first-order valence-electron chi connectivity index (χ1n) is 6.81. The van der Waals surface area contributed by atoms with Gasteiger partial charge in [0.15, 0.2) is 12.2 Å². The molecule has 0 N–H and O–H groups in total. The molecule has 3 rings (SSSR count). The van der Waals surface area contributed by atoms with E-state index in [-0.39, 0.29) is 5.56 Å². The van der Waals surface area contributed by atoms with Crippen molar-refractivity contribution in [1.82, 2.24) is 14.5 Å². The zero-order chi connectivity index (χ0) is 15.1. The molecule has 0 aliphatic rings. The maximum atomic E-state index is 11.6. The van der Waals surface area contributed by atoms with E-state index < -0.39 is 0 Å². The molecule has 108 valence electrons. The van der Waals surface area contributed by atoms with Gasteiger partial charge in [-0.1, -0.05) is 38.1 Å². The first kappa shape index (κ1) is 14.7. The molecule has 21 heavy (non-hydrogen) atoms. The highest BCUT2D eigenvalue weighted by molar-refractivity contribution is 5.56. The SMILES string of the molecule is CC.O=c1ccncn1Cc1ccc(-c2cnco2)cc1. The fourth-order valence-corrected chi connectivity index (χ4v) is 1.83. The minimum Gasteiger partial charge on any atom is -0.444 e. The van der Waals surface area contributed by atoms with Gasteiger partial charge in [0.25, 0.3) is 5.56 Å². The van der Waals surface area contributed by atoms with Gasteiger partial charge in [-0.05, 0) is 5.56 Å². The van der Waals surface area contributed by atoms with Gasteiger partial charge in [-0.25, -0.2) is 9.97 Å². The van der Waals surface area contributed by atoms with E-state index in [9.17, 15) is 4.79 Å². The van der Waals surface area contributed by atoms with Gasteiger partial charge in [0.05, 0.1) is 19.1 Å². The summed E-state index contributed by atoms with van der Waals surface area (Å²) in [4.78, 5) is 19.4. The van der Waals surface area contributed by atoms with Crippen LogP contribution in [0.15, 0.2) is 64.7 Å². The van der Waals surface area contributed by atoms with Crippen LogP contribution < -0.4 is 5.56 Å². The largest absolute Gasteiger partial charge is 0.444 e. The summed E-state index contributed by atoms with van der Waals surface area (Å²) in [6.45, 7) is 4.50. The van der Waals surface area contributed by atoms with E-state index in [1.807, 2.05) is 38.1 Å². The lowest BCUT2D eigenvalue weighted by Crippen LogP contribution is -2.19. The molecule has 0 saturated carbocycles. The predicted octanol–water partition coefficient (Wildman–Crippen LogP) is 2.97. The molecular weight excluding hydrogens is 266 g/mol. The van der Waals surface area contributed by atoms with E-state index in [1.165, 1.54) is 25.0 Å². The molecule has 0 unspecified atom stereocenters. The summed E-state index contributed by atoms with van der Waals surface area (Å²) in [5.74, 6) is 0.727. The highest BCUT2D eigenvalue weighted by atomic mass is 16.3. The molecule has 0 spiro atoms. The Labute approximate surface area is 122 Å². The average Bonchev–Trinajstić information content (AvgIpc) is 3.07. The first-order valence-corrected chi connectivity index (χ1v) is 6.81. The first-order chi connectivity index (χ1) is 10.3. The van der Waals surface area contributed by atoms with Crippen molar-refractivity contribution in [3.8, 4) is 11.3 Å². The molecule has 2 aromatic heterocycles. The third-order valence-electron chi connectivity index (χ3n) is 2.82. The number of aromatic nitrogens is 3. The topological polar surface area (TPSA) is 60.9 Å². The molecule has 2 heterocycles. The zero-order valence-electron chi connectivity index (χ0n) is 12.1. The molecule has 0 bridgehead atoms. The quantitative estimate of drug-likeness (QED) is 0.741. The Morgan fingerprint density at radius 1 is 1.10 bits per heavy atom. The van der Waals surface area contributed by atoms with Crippen molar-refractivity contribution < 1.29 is 4.42 Å². The Morgan fingerprint density at radius 2 is 1.86 bits per heavy atom. The monoisotopic (exact) mass is 283 g/mol. The van der Waals surface area contributed by atoms with Crippen molar-refractivity contribution in [2.24, 2.45) is 0 Å². The lowest BCUT2D eigenvalue weighted by atomic mass is 10.1. The fourth-order valence-electron chi connectivity index (χ4n) is 1.83. The summed E-state index contributed by atoms with van der Waals surface area (Å²) >= 11 is 0. The Bertz CT molecular complexity index is 716. The van der Waals surface area contributed by atoms with Crippen LogP contribution in [0.2, 0.25) is 0 Å². The summed E-state index contributed by atoms with van der Waals surface area (Å²) in [5.41, 5.74) is 1.92. The third-order valence-corrected chi connectivity index (χ3v) is 2.82.